The summed E-state index contributed by atoms with van der Waals surface area (Å²) in [6, 6.07) is 0. The minimum absolute atomic E-state index is 0.302. The second kappa shape index (κ2) is 6.20. The minimum Gasteiger partial charge on any atom is -0.379 e. The van der Waals surface area contributed by atoms with E-state index in [4.69, 9.17) is 9.47 Å². The van der Waals surface area contributed by atoms with Gasteiger partial charge in [0.05, 0.1) is 18.3 Å². The van der Waals surface area contributed by atoms with E-state index >= 15 is 0 Å². The topological polar surface area (TPSA) is 18.5 Å². The summed E-state index contributed by atoms with van der Waals surface area (Å²) in [5.74, 6) is 0. The Morgan fingerprint density at radius 3 is 2.86 bits per heavy atom. The van der Waals surface area contributed by atoms with E-state index in [2.05, 4.69) is 26.0 Å². The molecule has 1 heterocycles. The Balaban J connectivity index is 2.25. The van der Waals surface area contributed by atoms with Crippen molar-refractivity contribution in [2.24, 2.45) is 0 Å². The van der Waals surface area contributed by atoms with E-state index in [0.29, 0.717) is 18.3 Å². The van der Waals surface area contributed by atoms with E-state index in [-0.39, 0.29) is 0 Å². The van der Waals surface area contributed by atoms with Crippen LogP contribution in [0.4, 0.5) is 0 Å². The van der Waals surface area contributed by atoms with Crippen LogP contribution in [-0.2, 0) is 9.47 Å². The summed E-state index contributed by atoms with van der Waals surface area (Å²) in [5, 5.41) is 0. The highest BCUT2D eigenvalue weighted by Crippen LogP contribution is 2.25. The third-order valence-corrected chi connectivity index (χ3v) is 2.71. The highest BCUT2D eigenvalue weighted by molar-refractivity contribution is 4.86. The summed E-state index contributed by atoms with van der Waals surface area (Å²) in [5.41, 5.74) is 0. The lowest BCUT2D eigenvalue weighted by Gasteiger charge is -2.15. The van der Waals surface area contributed by atoms with Crippen LogP contribution in [0.3, 0.4) is 0 Å². The Labute approximate surface area is 87.3 Å². The van der Waals surface area contributed by atoms with Gasteiger partial charge in [-0.05, 0) is 26.2 Å². The average molecular weight is 198 g/mol. The molecule has 2 heteroatoms. The molecule has 0 amide bonds. The van der Waals surface area contributed by atoms with Crippen molar-refractivity contribution in [3.63, 3.8) is 0 Å². The molecule has 1 rings (SSSR count). The van der Waals surface area contributed by atoms with Crippen LogP contribution >= 0.6 is 0 Å². The van der Waals surface area contributed by atoms with E-state index in [1.165, 1.54) is 0 Å². The number of methoxy groups -OCH3 is 1. The zero-order valence-corrected chi connectivity index (χ0v) is 9.53. The first-order chi connectivity index (χ1) is 6.77. The summed E-state index contributed by atoms with van der Waals surface area (Å²) >= 11 is 0. The number of rotatable bonds is 5. The number of ether oxygens (including phenoxy) is 2. The van der Waals surface area contributed by atoms with Gasteiger partial charge in [-0.1, -0.05) is 19.1 Å². The van der Waals surface area contributed by atoms with Gasteiger partial charge in [-0.25, -0.2) is 0 Å². The van der Waals surface area contributed by atoms with Crippen LogP contribution in [0.2, 0.25) is 0 Å². The van der Waals surface area contributed by atoms with Crippen molar-refractivity contribution in [3.05, 3.63) is 12.2 Å². The molecule has 0 radical (unpaired) electrons. The van der Waals surface area contributed by atoms with Crippen LogP contribution < -0.4 is 0 Å². The Morgan fingerprint density at radius 2 is 2.21 bits per heavy atom. The Kier molecular flexibility index (Phi) is 5.20. The predicted octanol–water partition coefficient (Wildman–Crippen LogP) is 2.93. The van der Waals surface area contributed by atoms with Crippen LogP contribution in [0, 0.1) is 0 Å². The fourth-order valence-corrected chi connectivity index (χ4v) is 1.97. The van der Waals surface area contributed by atoms with E-state index in [1.807, 2.05) is 0 Å². The Morgan fingerprint density at radius 1 is 1.43 bits per heavy atom. The molecule has 2 nitrogen and oxygen atoms in total. The molecule has 0 N–H and O–H groups in total. The van der Waals surface area contributed by atoms with Crippen molar-refractivity contribution in [3.8, 4) is 0 Å². The second-order valence-electron chi connectivity index (χ2n) is 3.95. The summed E-state index contributed by atoms with van der Waals surface area (Å²) in [7, 11) is 1.78. The van der Waals surface area contributed by atoms with Gasteiger partial charge < -0.3 is 9.47 Å². The molecular formula is C12H22O2. The first-order valence-electron chi connectivity index (χ1n) is 5.61. The molecule has 0 aliphatic carbocycles. The van der Waals surface area contributed by atoms with Gasteiger partial charge >= 0.3 is 0 Å². The van der Waals surface area contributed by atoms with Gasteiger partial charge in [-0.15, -0.1) is 0 Å². The Bertz CT molecular complexity index is 177. The molecule has 0 aromatic carbocycles. The first kappa shape index (κ1) is 11.7. The van der Waals surface area contributed by atoms with E-state index in [0.717, 1.165) is 25.7 Å². The fraction of sp³-hybridized carbons (Fsp3) is 0.833. The smallest absolute Gasteiger partial charge is 0.0857 e. The van der Waals surface area contributed by atoms with Crippen molar-refractivity contribution < 1.29 is 9.47 Å². The zero-order valence-electron chi connectivity index (χ0n) is 9.53. The molecule has 0 aromatic heterocycles. The van der Waals surface area contributed by atoms with Gasteiger partial charge in [0.25, 0.3) is 0 Å². The lowest BCUT2D eigenvalue weighted by molar-refractivity contribution is -0.00464. The molecule has 0 aromatic rings. The van der Waals surface area contributed by atoms with Gasteiger partial charge in [0, 0.05) is 13.5 Å². The van der Waals surface area contributed by atoms with E-state index in [1.54, 1.807) is 7.11 Å². The largest absolute Gasteiger partial charge is 0.379 e. The lowest BCUT2D eigenvalue weighted by atomic mass is 10.1. The summed E-state index contributed by atoms with van der Waals surface area (Å²) in [6.07, 6.45) is 9.76. The van der Waals surface area contributed by atoms with E-state index in [9.17, 15) is 0 Å². The van der Waals surface area contributed by atoms with Crippen molar-refractivity contribution in [1.82, 2.24) is 0 Å². The maximum Gasteiger partial charge on any atom is 0.0857 e. The fourth-order valence-electron chi connectivity index (χ4n) is 1.97. The van der Waals surface area contributed by atoms with Crippen LogP contribution in [0.15, 0.2) is 12.2 Å². The molecule has 0 spiro atoms. The van der Waals surface area contributed by atoms with Crippen LogP contribution in [0.5, 0.6) is 0 Å². The maximum atomic E-state index is 5.79. The zero-order chi connectivity index (χ0) is 10.4. The van der Waals surface area contributed by atoms with E-state index < -0.39 is 0 Å². The first-order valence-corrected chi connectivity index (χ1v) is 5.61. The van der Waals surface area contributed by atoms with Crippen LogP contribution in [0.1, 0.15) is 39.5 Å². The van der Waals surface area contributed by atoms with Gasteiger partial charge in [0.15, 0.2) is 0 Å². The van der Waals surface area contributed by atoms with Crippen LogP contribution in [-0.4, -0.2) is 25.4 Å². The maximum absolute atomic E-state index is 5.79. The summed E-state index contributed by atoms with van der Waals surface area (Å²) < 4.78 is 11.2. The third kappa shape index (κ3) is 3.43. The molecule has 14 heavy (non-hydrogen) atoms. The Hall–Kier alpha value is -0.340. The molecule has 0 unspecified atom stereocenters. The standard InChI is InChI=1S/C12H22O2/c1-4-5-6-7-8-11-12(13-3)9-10(2)14-11/h5-6,10-12H,4,7-9H2,1-3H3/b6-5-/t10-,11+,12+/m1/s1. The van der Waals surface area contributed by atoms with Crippen molar-refractivity contribution in [1.29, 1.82) is 0 Å². The molecule has 0 saturated carbocycles. The minimum atomic E-state index is 0.302. The van der Waals surface area contributed by atoms with Gasteiger partial charge in [-0.3, -0.25) is 0 Å². The SMILES string of the molecule is CC/C=C\CC[C@@H]1O[C@H](C)C[C@@H]1OC. The molecule has 3 atom stereocenters. The van der Waals surface area contributed by atoms with Gasteiger partial charge in [0.2, 0.25) is 0 Å². The predicted molar refractivity (Wildman–Crippen MR) is 58.4 cm³/mol. The monoisotopic (exact) mass is 198 g/mol. The lowest BCUT2D eigenvalue weighted by Crippen LogP contribution is -2.22. The summed E-state index contributed by atoms with van der Waals surface area (Å²) in [6.45, 7) is 4.27. The van der Waals surface area contributed by atoms with Crippen LogP contribution in [0.25, 0.3) is 0 Å². The van der Waals surface area contributed by atoms with Crippen molar-refractivity contribution >= 4 is 0 Å². The number of hydrogen-bond donors (Lipinski definition) is 0. The average Bonchev–Trinajstić information content (AvgIpc) is 2.54. The second-order valence-corrected chi connectivity index (χ2v) is 3.95. The molecule has 1 aliphatic heterocycles. The van der Waals surface area contributed by atoms with Crippen molar-refractivity contribution in [2.45, 2.75) is 57.8 Å². The normalized spacial score (nSPS) is 32.9. The number of hydrogen-bond acceptors (Lipinski definition) is 2. The highest BCUT2D eigenvalue weighted by atomic mass is 16.6. The van der Waals surface area contributed by atoms with Gasteiger partial charge in [0.1, 0.15) is 0 Å². The third-order valence-electron chi connectivity index (χ3n) is 2.71. The molecule has 1 fully saturated rings. The molecule has 1 aliphatic rings. The highest BCUT2D eigenvalue weighted by Gasteiger charge is 2.31. The molecule has 82 valence electrons. The quantitative estimate of drug-likeness (QED) is 0.632. The van der Waals surface area contributed by atoms with Crippen molar-refractivity contribution in [2.75, 3.05) is 7.11 Å². The van der Waals surface area contributed by atoms with Gasteiger partial charge in [-0.2, -0.15) is 0 Å². The summed E-state index contributed by atoms with van der Waals surface area (Å²) in [4.78, 5) is 0. The number of allylic oxidation sites excluding steroid dienone is 2. The molecular weight excluding hydrogens is 176 g/mol. The molecule has 0 bridgehead atoms. The molecule has 1 saturated heterocycles.